The maximum Gasteiger partial charge on any atom is 0.261 e. The van der Waals surface area contributed by atoms with Gasteiger partial charge in [-0.1, -0.05) is 26.8 Å². The second-order valence-corrected chi connectivity index (χ2v) is 14.4. The third-order valence-corrected chi connectivity index (χ3v) is 11.3. The second kappa shape index (κ2) is 13.5. The lowest BCUT2D eigenvalue weighted by Crippen LogP contribution is -2.58. The van der Waals surface area contributed by atoms with E-state index in [-0.39, 0.29) is 30.0 Å². The molecule has 49 heavy (non-hydrogen) atoms. The number of piperazine rings is 1. The van der Waals surface area contributed by atoms with Crippen molar-refractivity contribution in [3.63, 3.8) is 0 Å². The van der Waals surface area contributed by atoms with E-state index in [2.05, 4.69) is 41.3 Å². The van der Waals surface area contributed by atoms with Crippen molar-refractivity contribution in [2.45, 2.75) is 58.7 Å². The van der Waals surface area contributed by atoms with Gasteiger partial charge in [0.25, 0.3) is 5.56 Å². The first-order valence-electron chi connectivity index (χ1n) is 17.3. The van der Waals surface area contributed by atoms with Gasteiger partial charge in [-0.25, -0.2) is 18.8 Å². The van der Waals surface area contributed by atoms with Crippen molar-refractivity contribution in [1.82, 2.24) is 24.8 Å². The van der Waals surface area contributed by atoms with Gasteiger partial charge in [0, 0.05) is 55.9 Å². The van der Waals surface area contributed by atoms with E-state index in [9.17, 15) is 13.6 Å². The molecule has 2 N–H and O–H groups in total. The number of aromatic nitrogens is 3. The molecule has 11 heteroatoms. The van der Waals surface area contributed by atoms with E-state index >= 15 is 0 Å². The number of nitrogens with one attached hydrogen (secondary N) is 2. The van der Waals surface area contributed by atoms with Gasteiger partial charge < -0.3 is 20.3 Å². The smallest absolute Gasteiger partial charge is 0.261 e. The molecule has 0 unspecified atom stereocenters. The van der Waals surface area contributed by atoms with Gasteiger partial charge in [0.2, 0.25) is 0 Å². The number of hydrogen-bond donors (Lipinski definition) is 2. The fourth-order valence-corrected chi connectivity index (χ4v) is 8.21. The Morgan fingerprint density at radius 3 is 2.76 bits per heavy atom. The number of methoxy groups -OCH3 is 1. The van der Waals surface area contributed by atoms with Crippen molar-refractivity contribution in [2.24, 2.45) is 28.2 Å². The lowest BCUT2D eigenvalue weighted by molar-refractivity contribution is -0.108. The summed E-state index contributed by atoms with van der Waals surface area (Å²) in [6, 6.07) is 13.9. The Labute approximate surface area is 285 Å². The van der Waals surface area contributed by atoms with Crippen molar-refractivity contribution in [3.8, 4) is 17.1 Å². The van der Waals surface area contributed by atoms with Gasteiger partial charge in [-0.05, 0) is 84.4 Å². The molecule has 0 spiro atoms. The zero-order chi connectivity index (χ0) is 34.3. The minimum absolute atomic E-state index is 0.177. The number of rotatable bonds is 8. The predicted octanol–water partition coefficient (Wildman–Crippen LogP) is 5.93. The average Bonchev–Trinajstić information content (AvgIpc) is 3.12. The number of hydrogen-bond acceptors (Lipinski definition) is 6. The summed E-state index contributed by atoms with van der Waals surface area (Å²) < 4.78 is 35.4. The summed E-state index contributed by atoms with van der Waals surface area (Å²) in [6.45, 7) is 8.76. The lowest BCUT2D eigenvalue weighted by Gasteiger charge is -2.61. The van der Waals surface area contributed by atoms with Gasteiger partial charge in [-0.2, -0.15) is 0 Å². The highest BCUT2D eigenvalue weighted by Crippen LogP contribution is 2.61. The van der Waals surface area contributed by atoms with Crippen molar-refractivity contribution < 1.29 is 13.5 Å². The Morgan fingerprint density at radius 1 is 1.18 bits per heavy atom. The Hall–Kier alpha value is -4.38. The summed E-state index contributed by atoms with van der Waals surface area (Å²) in [5, 5.41) is 7.29. The first kappa shape index (κ1) is 33.1. The maximum absolute atomic E-state index is 14.8. The van der Waals surface area contributed by atoms with Gasteiger partial charge in [-0.3, -0.25) is 14.3 Å². The van der Waals surface area contributed by atoms with Crippen molar-refractivity contribution in [1.29, 1.82) is 0 Å². The van der Waals surface area contributed by atoms with Crippen LogP contribution in [0.5, 0.6) is 5.75 Å². The first-order valence-corrected chi connectivity index (χ1v) is 17.3. The van der Waals surface area contributed by atoms with Crippen molar-refractivity contribution >= 4 is 22.5 Å². The standard InChI is InChI=1S/C38H45F2N7O2/c1-23-31-16-26(38(31,2)3)17-33(23)45-37(46-15-13-42-28(20-39)22-46)43-27-8-10-30-34(18-27)44-35(25-6-5-12-41-21-25)47(36(30)48)14-11-24-7-9-29(49-4)19-32(24)40/h5-10,12,18-19,21,23,26,28,31,33,42H,11,13-17,20,22H2,1-4H3,(H,43,45)/t23-,26+,28-,31-,33-/m0/s1. The number of aryl methyl sites for hydroxylation is 1. The molecule has 3 saturated carbocycles. The minimum Gasteiger partial charge on any atom is -0.497 e. The van der Waals surface area contributed by atoms with E-state index < -0.39 is 6.67 Å². The number of anilines is 1. The summed E-state index contributed by atoms with van der Waals surface area (Å²) in [7, 11) is 1.50. The molecule has 3 heterocycles. The Balaban J connectivity index is 1.23. The summed E-state index contributed by atoms with van der Waals surface area (Å²) in [4.78, 5) is 30.8. The quantitative estimate of drug-likeness (QED) is 0.177. The number of aliphatic imine (C=N–C) groups is 1. The topological polar surface area (TPSA) is 96.7 Å². The highest BCUT2D eigenvalue weighted by Gasteiger charge is 2.56. The summed E-state index contributed by atoms with van der Waals surface area (Å²) in [5.41, 5.74) is 2.56. The number of fused-ring (bicyclic) bond motifs is 3. The highest BCUT2D eigenvalue weighted by molar-refractivity contribution is 5.96. The summed E-state index contributed by atoms with van der Waals surface area (Å²) >= 11 is 0. The monoisotopic (exact) mass is 669 g/mol. The van der Waals surface area contributed by atoms with E-state index in [4.69, 9.17) is 14.7 Å². The SMILES string of the molecule is COc1ccc(CCn2c(-c3cccnc3)nc3cc(NC(=N[C@H]4C[C@H]5C[C@@H]([C@@H]4C)C5(C)C)N4CCN[C@@H](CF)C4)ccc3c2=O)c(F)c1. The molecule has 258 valence electrons. The van der Waals surface area contributed by atoms with E-state index in [0.717, 1.165) is 18.1 Å². The van der Waals surface area contributed by atoms with E-state index in [1.54, 1.807) is 41.2 Å². The van der Waals surface area contributed by atoms with E-state index in [1.165, 1.54) is 19.6 Å². The van der Waals surface area contributed by atoms with Gasteiger partial charge in [0.15, 0.2) is 5.96 Å². The molecule has 1 saturated heterocycles. The number of guanidine groups is 1. The molecule has 3 aliphatic carbocycles. The van der Waals surface area contributed by atoms with Crippen molar-refractivity contribution in [2.75, 3.05) is 38.7 Å². The van der Waals surface area contributed by atoms with E-state index in [1.807, 2.05) is 18.2 Å². The van der Waals surface area contributed by atoms with Crippen LogP contribution in [0.15, 0.2) is 70.7 Å². The number of ether oxygens (including phenoxy) is 1. The van der Waals surface area contributed by atoms with Crippen LogP contribution in [0, 0.1) is 29.0 Å². The average molecular weight is 670 g/mol. The minimum atomic E-state index is -0.448. The molecule has 8 rings (SSSR count). The van der Waals surface area contributed by atoms with Crippen LogP contribution < -0.4 is 20.9 Å². The Kier molecular flexibility index (Phi) is 9.13. The maximum atomic E-state index is 14.8. The molecule has 0 radical (unpaired) electrons. The summed E-state index contributed by atoms with van der Waals surface area (Å²) in [5.74, 6) is 2.98. The fourth-order valence-electron chi connectivity index (χ4n) is 8.21. The van der Waals surface area contributed by atoms with Crippen LogP contribution in [0.25, 0.3) is 22.3 Å². The molecule has 2 aromatic heterocycles. The molecule has 4 aromatic rings. The molecule has 4 aliphatic rings. The van der Waals surface area contributed by atoms with Gasteiger partial charge in [0.05, 0.1) is 30.1 Å². The first-order chi connectivity index (χ1) is 23.7. The molecule has 2 aromatic carbocycles. The largest absolute Gasteiger partial charge is 0.497 e. The van der Waals surface area contributed by atoms with Gasteiger partial charge >= 0.3 is 0 Å². The lowest BCUT2D eigenvalue weighted by atomic mass is 9.45. The number of nitrogens with zero attached hydrogens (tertiary/aromatic N) is 5. The molecule has 5 atom stereocenters. The molecule has 1 aliphatic heterocycles. The molecule has 9 nitrogen and oxygen atoms in total. The van der Waals surface area contributed by atoms with Crippen LogP contribution in [0.2, 0.25) is 0 Å². The van der Waals surface area contributed by atoms with Crippen LogP contribution in [0.1, 0.15) is 39.2 Å². The van der Waals surface area contributed by atoms with Crippen LogP contribution in [0.3, 0.4) is 0 Å². The normalized spacial score (nSPS) is 24.8. The van der Waals surface area contributed by atoms with E-state index in [0.29, 0.717) is 82.8 Å². The van der Waals surface area contributed by atoms with Crippen LogP contribution >= 0.6 is 0 Å². The Bertz CT molecular complexity index is 1910. The zero-order valence-electron chi connectivity index (χ0n) is 28.6. The van der Waals surface area contributed by atoms with Crippen LogP contribution in [-0.2, 0) is 13.0 Å². The zero-order valence-corrected chi connectivity index (χ0v) is 28.6. The van der Waals surface area contributed by atoms with Gasteiger partial charge in [0.1, 0.15) is 24.1 Å². The van der Waals surface area contributed by atoms with Crippen LogP contribution in [-0.4, -0.2) is 70.9 Å². The molecule has 4 fully saturated rings. The summed E-state index contributed by atoms with van der Waals surface area (Å²) in [6.07, 6.45) is 5.95. The molecular weight excluding hydrogens is 624 g/mol. The van der Waals surface area contributed by atoms with Crippen LogP contribution in [0.4, 0.5) is 14.5 Å². The number of pyridine rings is 1. The predicted molar refractivity (Wildman–Crippen MR) is 189 cm³/mol. The van der Waals surface area contributed by atoms with Gasteiger partial charge in [-0.15, -0.1) is 0 Å². The third-order valence-electron chi connectivity index (χ3n) is 11.3. The molecule has 0 amide bonds. The number of halogens is 2. The number of benzene rings is 2. The molecule has 2 bridgehead atoms. The molecular formula is C38H45F2N7O2. The second-order valence-electron chi connectivity index (χ2n) is 14.4. The highest BCUT2D eigenvalue weighted by atomic mass is 19.1. The third kappa shape index (κ3) is 6.40. The Morgan fingerprint density at radius 2 is 2.04 bits per heavy atom. The van der Waals surface area contributed by atoms with Crippen molar-refractivity contribution in [3.05, 3.63) is 82.7 Å². The number of alkyl halides is 1. The fraction of sp³-hybridized carbons (Fsp3) is 0.474.